The van der Waals surface area contributed by atoms with Crippen molar-refractivity contribution >= 4 is 33.6 Å². The number of nitrogens with zero attached hydrogens (tertiary/aromatic N) is 1. The molecular weight excluding hydrogens is 292 g/mol. The van der Waals surface area contributed by atoms with Gasteiger partial charge in [0.1, 0.15) is 0 Å². The van der Waals surface area contributed by atoms with Gasteiger partial charge in [-0.2, -0.15) is 0 Å². The third-order valence-corrected chi connectivity index (χ3v) is 2.57. The number of rotatable bonds is 5. The molecule has 0 aliphatic rings. The van der Waals surface area contributed by atoms with Gasteiger partial charge in [0.25, 0.3) is 0 Å². The molecule has 0 spiro atoms. The molecule has 0 aliphatic carbocycles. The predicted molar refractivity (Wildman–Crippen MR) is 80.9 cm³/mol. The van der Waals surface area contributed by atoms with Crippen LogP contribution < -0.4 is 10.2 Å². The SMILES string of the molecule is C=C(Br)CNC(=O)/C=C/c1ccc(N(C)C)cc1. The molecule has 0 saturated carbocycles. The van der Waals surface area contributed by atoms with Gasteiger partial charge >= 0.3 is 0 Å². The Hall–Kier alpha value is -1.55. The maximum atomic E-state index is 11.4. The van der Waals surface area contributed by atoms with Gasteiger partial charge in [-0.25, -0.2) is 0 Å². The van der Waals surface area contributed by atoms with Crippen LogP contribution in [-0.2, 0) is 4.79 Å². The minimum atomic E-state index is -0.132. The van der Waals surface area contributed by atoms with Crippen molar-refractivity contribution in [2.24, 2.45) is 0 Å². The lowest BCUT2D eigenvalue weighted by atomic mass is 10.2. The maximum absolute atomic E-state index is 11.4. The van der Waals surface area contributed by atoms with E-state index in [9.17, 15) is 4.79 Å². The van der Waals surface area contributed by atoms with E-state index in [-0.39, 0.29) is 5.91 Å². The fraction of sp³-hybridized carbons (Fsp3) is 0.214. The minimum Gasteiger partial charge on any atom is -0.378 e. The second-order valence-electron chi connectivity index (χ2n) is 4.05. The number of carbonyl (C=O) groups is 1. The van der Waals surface area contributed by atoms with Crippen LogP contribution in [0.2, 0.25) is 0 Å². The average Bonchev–Trinajstić information content (AvgIpc) is 2.34. The van der Waals surface area contributed by atoms with E-state index in [1.165, 1.54) is 6.08 Å². The van der Waals surface area contributed by atoms with E-state index in [4.69, 9.17) is 0 Å². The molecule has 0 atom stereocenters. The molecular formula is C14H17BrN2O. The summed E-state index contributed by atoms with van der Waals surface area (Å²) in [5.41, 5.74) is 2.13. The smallest absolute Gasteiger partial charge is 0.244 e. The van der Waals surface area contributed by atoms with E-state index in [1.807, 2.05) is 43.3 Å². The molecule has 1 aromatic rings. The number of amides is 1. The van der Waals surface area contributed by atoms with Gasteiger partial charge in [-0.15, -0.1) is 0 Å². The number of carbonyl (C=O) groups excluding carboxylic acids is 1. The van der Waals surface area contributed by atoms with E-state index in [0.29, 0.717) is 6.54 Å². The fourth-order valence-electron chi connectivity index (χ4n) is 1.30. The molecule has 0 aliphatic heterocycles. The number of benzene rings is 1. The summed E-state index contributed by atoms with van der Waals surface area (Å²) in [6, 6.07) is 7.97. The molecule has 3 nitrogen and oxygen atoms in total. The molecule has 0 aromatic heterocycles. The second-order valence-corrected chi connectivity index (χ2v) is 5.18. The monoisotopic (exact) mass is 308 g/mol. The number of hydrogen-bond acceptors (Lipinski definition) is 2. The van der Waals surface area contributed by atoms with Crippen LogP contribution in [0.5, 0.6) is 0 Å². The van der Waals surface area contributed by atoms with E-state index in [1.54, 1.807) is 6.08 Å². The Morgan fingerprint density at radius 1 is 1.39 bits per heavy atom. The van der Waals surface area contributed by atoms with Crippen molar-refractivity contribution in [1.29, 1.82) is 0 Å². The van der Waals surface area contributed by atoms with Gasteiger partial charge in [0.2, 0.25) is 5.91 Å². The van der Waals surface area contributed by atoms with Crippen LogP contribution in [0.3, 0.4) is 0 Å². The lowest BCUT2D eigenvalue weighted by Crippen LogP contribution is -2.21. The van der Waals surface area contributed by atoms with Gasteiger partial charge in [0.05, 0.1) is 0 Å². The molecule has 18 heavy (non-hydrogen) atoms. The largest absolute Gasteiger partial charge is 0.378 e. The molecule has 1 rings (SSSR count). The van der Waals surface area contributed by atoms with E-state index in [2.05, 4.69) is 27.8 Å². The Balaban J connectivity index is 2.56. The summed E-state index contributed by atoms with van der Waals surface area (Å²) >= 11 is 3.18. The topological polar surface area (TPSA) is 32.3 Å². The average molecular weight is 309 g/mol. The zero-order chi connectivity index (χ0) is 13.5. The second kappa shape index (κ2) is 7.01. The van der Waals surface area contributed by atoms with Crippen molar-refractivity contribution in [1.82, 2.24) is 5.32 Å². The zero-order valence-electron chi connectivity index (χ0n) is 10.6. The normalized spacial score (nSPS) is 10.4. The first kappa shape index (κ1) is 14.5. The van der Waals surface area contributed by atoms with Crippen molar-refractivity contribution in [2.45, 2.75) is 0 Å². The summed E-state index contributed by atoms with van der Waals surface area (Å²) in [5, 5.41) is 2.70. The summed E-state index contributed by atoms with van der Waals surface area (Å²) < 4.78 is 0.750. The standard InChI is InChI=1S/C14H17BrN2O/c1-11(15)10-16-14(18)9-6-12-4-7-13(8-5-12)17(2)3/h4-9H,1,10H2,2-3H3,(H,16,18)/b9-6+. The lowest BCUT2D eigenvalue weighted by molar-refractivity contribution is -0.116. The molecule has 1 N–H and O–H groups in total. The molecule has 0 unspecified atom stereocenters. The third kappa shape index (κ3) is 5.19. The van der Waals surface area contributed by atoms with Crippen LogP contribution in [0.1, 0.15) is 5.56 Å². The van der Waals surface area contributed by atoms with Crippen molar-refractivity contribution in [3.63, 3.8) is 0 Å². The molecule has 1 aromatic carbocycles. The molecule has 0 saturated heterocycles. The van der Waals surface area contributed by atoms with Gasteiger partial charge < -0.3 is 10.2 Å². The summed E-state index contributed by atoms with van der Waals surface area (Å²) in [5.74, 6) is -0.132. The number of halogens is 1. The van der Waals surface area contributed by atoms with E-state index in [0.717, 1.165) is 15.7 Å². The number of anilines is 1. The van der Waals surface area contributed by atoms with Crippen LogP contribution in [0.25, 0.3) is 6.08 Å². The van der Waals surface area contributed by atoms with Gasteiger partial charge in [0, 0.05) is 36.9 Å². The number of hydrogen-bond donors (Lipinski definition) is 1. The van der Waals surface area contributed by atoms with Crippen LogP contribution in [0, 0.1) is 0 Å². The Kier molecular flexibility index (Phi) is 5.65. The van der Waals surface area contributed by atoms with Gasteiger partial charge in [0.15, 0.2) is 0 Å². The first-order valence-electron chi connectivity index (χ1n) is 5.55. The summed E-state index contributed by atoms with van der Waals surface area (Å²) in [7, 11) is 3.98. The van der Waals surface area contributed by atoms with Crippen molar-refractivity contribution < 1.29 is 4.79 Å². The molecule has 4 heteroatoms. The summed E-state index contributed by atoms with van der Waals surface area (Å²) in [6.45, 7) is 4.08. The maximum Gasteiger partial charge on any atom is 0.244 e. The first-order chi connectivity index (χ1) is 8.49. The third-order valence-electron chi connectivity index (χ3n) is 2.29. The van der Waals surface area contributed by atoms with E-state index >= 15 is 0 Å². The fourth-order valence-corrected chi connectivity index (χ4v) is 1.44. The molecule has 0 radical (unpaired) electrons. The van der Waals surface area contributed by atoms with Crippen LogP contribution in [0.15, 0.2) is 41.4 Å². The van der Waals surface area contributed by atoms with E-state index < -0.39 is 0 Å². The van der Waals surface area contributed by atoms with Gasteiger partial charge in [-0.3, -0.25) is 4.79 Å². The molecule has 0 bridgehead atoms. The minimum absolute atomic E-state index is 0.132. The Bertz CT molecular complexity index is 449. The Morgan fingerprint density at radius 2 is 2.00 bits per heavy atom. The molecule has 96 valence electrons. The molecule has 0 heterocycles. The highest BCUT2D eigenvalue weighted by atomic mass is 79.9. The van der Waals surface area contributed by atoms with Crippen molar-refractivity contribution in [3.8, 4) is 0 Å². The summed E-state index contributed by atoms with van der Waals surface area (Å²) in [6.07, 6.45) is 3.30. The quantitative estimate of drug-likeness (QED) is 0.848. The van der Waals surface area contributed by atoms with Crippen LogP contribution in [0.4, 0.5) is 5.69 Å². The Morgan fingerprint density at radius 3 is 2.50 bits per heavy atom. The lowest BCUT2D eigenvalue weighted by Gasteiger charge is -2.11. The van der Waals surface area contributed by atoms with Gasteiger partial charge in [-0.1, -0.05) is 34.6 Å². The van der Waals surface area contributed by atoms with Gasteiger partial charge in [-0.05, 0) is 23.8 Å². The predicted octanol–water partition coefficient (Wildman–Crippen LogP) is 2.79. The van der Waals surface area contributed by atoms with Crippen molar-refractivity contribution in [2.75, 3.05) is 25.5 Å². The highest BCUT2D eigenvalue weighted by molar-refractivity contribution is 9.11. The highest BCUT2D eigenvalue weighted by Crippen LogP contribution is 2.12. The van der Waals surface area contributed by atoms with Crippen molar-refractivity contribution in [3.05, 3.63) is 47.0 Å². The zero-order valence-corrected chi connectivity index (χ0v) is 12.2. The number of nitrogens with one attached hydrogen (secondary N) is 1. The Labute approximate surface area is 116 Å². The highest BCUT2D eigenvalue weighted by Gasteiger charge is 1.96. The molecule has 1 amide bonds. The van der Waals surface area contributed by atoms with Crippen LogP contribution in [-0.4, -0.2) is 26.5 Å². The molecule has 0 fully saturated rings. The van der Waals surface area contributed by atoms with Crippen LogP contribution >= 0.6 is 15.9 Å². The first-order valence-corrected chi connectivity index (χ1v) is 6.35. The summed E-state index contributed by atoms with van der Waals surface area (Å²) in [4.78, 5) is 13.5.